The third-order valence-electron chi connectivity index (χ3n) is 4.75. The molecule has 0 unspecified atom stereocenters. The first kappa shape index (κ1) is 13.0. The van der Waals surface area contributed by atoms with Crippen molar-refractivity contribution in [1.29, 1.82) is 0 Å². The second-order valence-corrected chi connectivity index (χ2v) is 6.39. The molecule has 2 aliphatic carbocycles. The Bertz CT molecular complexity index is 447. The van der Waals surface area contributed by atoms with Crippen molar-refractivity contribution >= 4 is 17.5 Å². The molecular weight excluding hydrogens is 258 g/mol. The second-order valence-electron chi connectivity index (χ2n) is 5.95. The summed E-state index contributed by atoms with van der Waals surface area (Å²) in [4.78, 5) is 12.1. The van der Waals surface area contributed by atoms with Crippen LogP contribution in [0.15, 0.2) is 30.3 Å². The predicted molar refractivity (Wildman–Crippen MR) is 77.0 cm³/mol. The number of carbonyl (C=O) groups is 1. The molecule has 102 valence electrons. The first-order valence-electron chi connectivity index (χ1n) is 7.21. The maximum atomic E-state index is 12.1. The minimum absolute atomic E-state index is 0.0596. The molecule has 19 heavy (non-hydrogen) atoms. The van der Waals surface area contributed by atoms with Gasteiger partial charge in [-0.2, -0.15) is 0 Å². The lowest BCUT2D eigenvalue weighted by Gasteiger charge is -2.22. The summed E-state index contributed by atoms with van der Waals surface area (Å²) >= 11 is 6.21. The molecule has 4 atom stereocenters. The van der Waals surface area contributed by atoms with Crippen LogP contribution in [-0.4, -0.2) is 12.5 Å². The molecule has 1 aromatic carbocycles. The number of hydrogen-bond donors (Lipinski definition) is 1. The van der Waals surface area contributed by atoms with Gasteiger partial charge in [-0.15, -0.1) is 11.6 Å². The molecule has 1 aromatic rings. The van der Waals surface area contributed by atoms with Crippen molar-refractivity contribution in [2.24, 2.45) is 17.8 Å². The molecule has 0 heterocycles. The number of amides is 1. The largest absolute Gasteiger partial charge is 0.354 e. The molecule has 0 aromatic heterocycles. The van der Waals surface area contributed by atoms with Crippen molar-refractivity contribution in [3.63, 3.8) is 0 Å². The molecule has 1 N–H and O–H groups in total. The lowest BCUT2D eigenvalue weighted by atomic mass is 9.89. The summed E-state index contributed by atoms with van der Waals surface area (Å²) < 4.78 is 0. The van der Waals surface area contributed by atoms with Gasteiger partial charge in [-0.3, -0.25) is 4.79 Å². The van der Waals surface area contributed by atoms with Gasteiger partial charge in [0.15, 0.2) is 0 Å². The Labute approximate surface area is 119 Å². The summed E-state index contributed by atoms with van der Waals surface area (Å²) in [5.41, 5.74) is 0.870. The van der Waals surface area contributed by atoms with E-state index in [-0.39, 0.29) is 5.91 Å². The highest BCUT2D eigenvalue weighted by Gasteiger charge is 2.39. The van der Waals surface area contributed by atoms with Crippen LogP contribution in [0.5, 0.6) is 0 Å². The van der Waals surface area contributed by atoms with Crippen molar-refractivity contribution in [2.45, 2.75) is 31.1 Å². The number of nitrogens with one attached hydrogen (secondary N) is 1. The van der Waals surface area contributed by atoms with Crippen molar-refractivity contribution in [1.82, 2.24) is 5.32 Å². The highest BCUT2D eigenvalue weighted by atomic mass is 35.5. The minimum Gasteiger partial charge on any atom is -0.354 e. The van der Waals surface area contributed by atoms with Gasteiger partial charge >= 0.3 is 0 Å². The van der Waals surface area contributed by atoms with E-state index in [0.29, 0.717) is 5.92 Å². The lowest BCUT2D eigenvalue weighted by Crippen LogP contribution is -2.33. The molecule has 1 amide bonds. The monoisotopic (exact) mass is 277 g/mol. The Morgan fingerprint density at radius 1 is 1.26 bits per heavy atom. The molecule has 0 radical (unpaired) electrons. The zero-order valence-electron chi connectivity index (χ0n) is 11.0. The fourth-order valence-corrected chi connectivity index (χ4v) is 3.94. The summed E-state index contributed by atoms with van der Waals surface area (Å²) in [6, 6.07) is 9.55. The van der Waals surface area contributed by atoms with E-state index in [1.165, 1.54) is 25.7 Å². The number of rotatable bonds is 4. The summed E-state index contributed by atoms with van der Waals surface area (Å²) in [6.45, 7) is 0.802. The van der Waals surface area contributed by atoms with Crippen LogP contribution < -0.4 is 5.32 Å². The van der Waals surface area contributed by atoms with E-state index < -0.39 is 5.38 Å². The number of hydrogen-bond acceptors (Lipinski definition) is 1. The maximum absolute atomic E-state index is 12.1. The van der Waals surface area contributed by atoms with Crippen LogP contribution in [0.4, 0.5) is 0 Å². The van der Waals surface area contributed by atoms with E-state index >= 15 is 0 Å². The fourth-order valence-electron chi connectivity index (χ4n) is 3.72. The van der Waals surface area contributed by atoms with Gasteiger partial charge < -0.3 is 5.32 Å². The normalized spacial score (nSPS) is 30.3. The minimum atomic E-state index is -0.570. The molecule has 3 rings (SSSR count). The Balaban J connectivity index is 1.51. The average Bonchev–Trinajstić information content (AvgIpc) is 3.07. The topological polar surface area (TPSA) is 29.1 Å². The summed E-state index contributed by atoms with van der Waals surface area (Å²) in [7, 11) is 0. The average molecular weight is 278 g/mol. The molecule has 2 saturated carbocycles. The molecule has 0 saturated heterocycles. The van der Waals surface area contributed by atoms with Crippen LogP contribution >= 0.6 is 11.6 Å². The smallest absolute Gasteiger partial charge is 0.242 e. The van der Waals surface area contributed by atoms with Gasteiger partial charge in [0.05, 0.1) is 0 Å². The molecule has 2 nitrogen and oxygen atoms in total. The molecule has 2 fully saturated rings. The Kier molecular flexibility index (Phi) is 3.79. The van der Waals surface area contributed by atoms with E-state index in [1.807, 2.05) is 30.3 Å². The number of halogens is 1. The van der Waals surface area contributed by atoms with Crippen molar-refractivity contribution in [2.75, 3.05) is 6.54 Å². The summed E-state index contributed by atoms with van der Waals surface area (Å²) in [6.07, 6.45) is 5.43. The fraction of sp³-hybridized carbons (Fsp3) is 0.562. The van der Waals surface area contributed by atoms with Gasteiger partial charge in [-0.25, -0.2) is 0 Å². The molecule has 0 spiro atoms. The van der Waals surface area contributed by atoms with Gasteiger partial charge in [0.25, 0.3) is 0 Å². The number of benzene rings is 1. The van der Waals surface area contributed by atoms with Crippen molar-refractivity contribution in [3.8, 4) is 0 Å². The standard InChI is InChI=1S/C16H20ClNO/c17-15(12-4-2-1-3-5-12)16(19)18-10-14-9-11-6-7-13(14)8-11/h1-5,11,13-15H,6-10H2,(H,18,19)/t11-,13-,14+,15+/m1/s1. The van der Waals surface area contributed by atoms with E-state index in [2.05, 4.69) is 5.32 Å². The Morgan fingerprint density at radius 2 is 2.05 bits per heavy atom. The van der Waals surface area contributed by atoms with Crippen LogP contribution in [-0.2, 0) is 4.79 Å². The van der Waals surface area contributed by atoms with Gasteiger partial charge in [0.2, 0.25) is 5.91 Å². The zero-order valence-corrected chi connectivity index (χ0v) is 11.8. The van der Waals surface area contributed by atoms with Crippen molar-refractivity contribution < 1.29 is 4.79 Å². The SMILES string of the molecule is O=C(NC[C@@H]1C[C@@H]2CC[C@@H]1C2)[C@@H](Cl)c1ccccc1. The van der Waals surface area contributed by atoms with E-state index in [4.69, 9.17) is 11.6 Å². The third kappa shape index (κ3) is 2.79. The van der Waals surface area contributed by atoms with E-state index in [9.17, 15) is 4.79 Å². The van der Waals surface area contributed by atoms with E-state index in [0.717, 1.165) is 23.9 Å². The van der Waals surface area contributed by atoms with Crippen LogP contribution in [0.25, 0.3) is 0 Å². The Morgan fingerprint density at radius 3 is 2.68 bits per heavy atom. The van der Waals surface area contributed by atoms with Gasteiger partial charge in [-0.05, 0) is 42.6 Å². The van der Waals surface area contributed by atoms with Gasteiger partial charge in [0, 0.05) is 6.54 Å². The number of alkyl halides is 1. The van der Waals surface area contributed by atoms with E-state index in [1.54, 1.807) is 0 Å². The van der Waals surface area contributed by atoms with Crippen LogP contribution in [0, 0.1) is 17.8 Å². The molecular formula is C16H20ClNO. The predicted octanol–water partition coefficient (Wildman–Crippen LogP) is 3.52. The highest BCUT2D eigenvalue weighted by Crippen LogP contribution is 2.47. The summed E-state index contributed by atoms with van der Waals surface area (Å²) in [5.74, 6) is 2.39. The first-order chi connectivity index (χ1) is 9.24. The number of fused-ring (bicyclic) bond motifs is 2. The second kappa shape index (κ2) is 5.54. The summed E-state index contributed by atoms with van der Waals surface area (Å²) in [5, 5.41) is 2.47. The van der Waals surface area contributed by atoms with Crippen LogP contribution in [0.3, 0.4) is 0 Å². The Hall–Kier alpha value is -1.02. The zero-order chi connectivity index (χ0) is 13.2. The molecule has 0 aliphatic heterocycles. The van der Waals surface area contributed by atoms with Gasteiger partial charge in [0.1, 0.15) is 5.38 Å². The lowest BCUT2D eigenvalue weighted by molar-refractivity contribution is -0.121. The quantitative estimate of drug-likeness (QED) is 0.839. The third-order valence-corrected chi connectivity index (χ3v) is 5.20. The number of carbonyl (C=O) groups excluding carboxylic acids is 1. The van der Waals surface area contributed by atoms with Crippen LogP contribution in [0.1, 0.15) is 36.6 Å². The highest BCUT2D eigenvalue weighted by molar-refractivity contribution is 6.30. The molecule has 2 aliphatic rings. The van der Waals surface area contributed by atoms with Crippen LogP contribution in [0.2, 0.25) is 0 Å². The maximum Gasteiger partial charge on any atom is 0.242 e. The van der Waals surface area contributed by atoms with Crippen molar-refractivity contribution in [3.05, 3.63) is 35.9 Å². The van der Waals surface area contributed by atoms with Gasteiger partial charge in [-0.1, -0.05) is 36.8 Å². The molecule has 2 bridgehead atoms. The molecule has 3 heteroatoms. The first-order valence-corrected chi connectivity index (χ1v) is 7.64.